The van der Waals surface area contributed by atoms with E-state index >= 15 is 0 Å². The largest absolute Gasteiger partial charge is 0.505 e. The van der Waals surface area contributed by atoms with Crippen LogP contribution in [0.25, 0.3) is 10.9 Å². The van der Waals surface area contributed by atoms with E-state index in [9.17, 15) is 24.9 Å². The van der Waals surface area contributed by atoms with Gasteiger partial charge in [0, 0.05) is 16.8 Å². The molecule has 1 heterocycles. The number of pyridine rings is 1. The van der Waals surface area contributed by atoms with E-state index in [2.05, 4.69) is 30.7 Å². The molecule has 7 nitrogen and oxygen atoms in total. The second-order valence-electron chi connectivity index (χ2n) is 7.02. The maximum atomic E-state index is 11.6. The van der Waals surface area contributed by atoms with Gasteiger partial charge >= 0.3 is 11.9 Å². The van der Waals surface area contributed by atoms with Crippen molar-refractivity contribution < 1.29 is 24.9 Å². The summed E-state index contributed by atoms with van der Waals surface area (Å²) in [5, 5.41) is 29.8. The fraction of sp³-hybridized carbons (Fsp3) is 0.292. The van der Waals surface area contributed by atoms with Gasteiger partial charge in [-0.15, -0.1) is 0 Å². The number of carboxylic acids is 2. The van der Waals surface area contributed by atoms with Crippen molar-refractivity contribution in [1.29, 1.82) is 0 Å². The Hall–Kier alpha value is -3.16. The van der Waals surface area contributed by atoms with Crippen LogP contribution in [0.2, 0.25) is 5.02 Å². The summed E-state index contributed by atoms with van der Waals surface area (Å²) in [5.74, 6) is -3.06. The predicted octanol–water partition coefficient (Wildman–Crippen LogP) is 4.93. The molecule has 0 aliphatic heterocycles. The average Bonchev–Trinajstić information content (AvgIpc) is 2.76. The molecule has 0 saturated heterocycles. The first-order valence-electron chi connectivity index (χ1n) is 10.3. The minimum atomic E-state index is -1.36. The molecule has 1 aromatic heterocycles. The van der Waals surface area contributed by atoms with Crippen LogP contribution in [-0.2, 0) is 6.42 Å². The molecule has 0 bridgehead atoms. The van der Waals surface area contributed by atoms with E-state index in [0.717, 1.165) is 5.56 Å². The number of carboxylic acid groups (broad SMARTS) is 2. The molecule has 0 spiro atoms. The number of aromatic hydroxyl groups is 1. The molecule has 0 aliphatic carbocycles. The number of fused-ring (bicyclic) bond motifs is 1. The highest BCUT2D eigenvalue weighted by Gasteiger charge is 2.22. The van der Waals surface area contributed by atoms with Crippen LogP contribution in [0, 0.1) is 0 Å². The fourth-order valence-corrected chi connectivity index (χ4v) is 3.43. The van der Waals surface area contributed by atoms with Gasteiger partial charge in [-0.2, -0.15) is 0 Å². The van der Waals surface area contributed by atoms with Crippen LogP contribution in [0.1, 0.15) is 52.7 Å². The Morgan fingerprint density at radius 3 is 2.00 bits per heavy atom. The van der Waals surface area contributed by atoms with Gasteiger partial charge in [0.15, 0.2) is 5.75 Å². The number of carbonyl (C=O) groups is 2. The molecular weight excluding hydrogens is 432 g/mol. The summed E-state index contributed by atoms with van der Waals surface area (Å²) in [6, 6.07) is 10.9. The summed E-state index contributed by atoms with van der Waals surface area (Å²) in [5.41, 5.74) is 0.361. The number of aromatic carboxylic acids is 2. The second kappa shape index (κ2) is 11.5. The minimum Gasteiger partial charge on any atom is -0.505 e. The van der Waals surface area contributed by atoms with Crippen molar-refractivity contribution in [2.24, 2.45) is 0 Å². The van der Waals surface area contributed by atoms with Gasteiger partial charge in [0.05, 0.1) is 16.8 Å². The quantitative estimate of drug-likeness (QED) is 0.460. The zero-order valence-corrected chi connectivity index (χ0v) is 19.1. The maximum Gasteiger partial charge on any atom is 0.340 e. The van der Waals surface area contributed by atoms with Crippen molar-refractivity contribution in [3.8, 4) is 5.75 Å². The van der Waals surface area contributed by atoms with E-state index in [-0.39, 0.29) is 34.1 Å². The van der Waals surface area contributed by atoms with Gasteiger partial charge in [-0.25, -0.2) is 14.6 Å². The van der Waals surface area contributed by atoms with Crippen molar-refractivity contribution in [2.75, 3.05) is 19.6 Å². The van der Waals surface area contributed by atoms with Gasteiger partial charge in [0.1, 0.15) is 5.56 Å². The lowest BCUT2D eigenvalue weighted by Crippen LogP contribution is -2.21. The van der Waals surface area contributed by atoms with Crippen molar-refractivity contribution >= 4 is 34.4 Å². The number of para-hydroxylation sites is 1. The van der Waals surface area contributed by atoms with Crippen molar-refractivity contribution in [3.63, 3.8) is 0 Å². The summed E-state index contributed by atoms with van der Waals surface area (Å²) in [6.45, 7) is 10.1. The lowest BCUT2D eigenvalue weighted by molar-refractivity contribution is 0.0684. The third kappa shape index (κ3) is 5.96. The first-order valence-corrected chi connectivity index (χ1v) is 10.7. The number of halogens is 1. The van der Waals surface area contributed by atoms with E-state index in [0.29, 0.717) is 5.02 Å². The Kier molecular flexibility index (Phi) is 8.99. The van der Waals surface area contributed by atoms with Crippen LogP contribution in [0.5, 0.6) is 5.75 Å². The first kappa shape index (κ1) is 25.1. The predicted molar refractivity (Wildman–Crippen MR) is 125 cm³/mol. The Morgan fingerprint density at radius 2 is 1.53 bits per heavy atom. The standard InChI is InChI=1S/C18H12ClNO5.C6H15N/c19-10-6-4-9(5-7-10)8-13-16(21)14(18(24)25)11-2-1-3-12(17(22)23)15(11)20-13;1-4-7(5-2)6-3/h1-7,21H,8H2,(H,22,23)(H,24,25);4-6H2,1-3H3. The Bertz CT molecular complexity index is 1090. The van der Waals surface area contributed by atoms with Crippen molar-refractivity contribution in [3.05, 3.63) is 69.9 Å². The van der Waals surface area contributed by atoms with Gasteiger partial charge in [0.25, 0.3) is 0 Å². The van der Waals surface area contributed by atoms with Crippen LogP contribution in [-0.4, -0.2) is 56.8 Å². The summed E-state index contributed by atoms with van der Waals surface area (Å²) >= 11 is 5.84. The minimum absolute atomic E-state index is 0.0224. The molecule has 0 unspecified atom stereocenters. The number of benzene rings is 2. The van der Waals surface area contributed by atoms with E-state index in [1.54, 1.807) is 24.3 Å². The smallest absolute Gasteiger partial charge is 0.340 e. The Labute approximate surface area is 191 Å². The van der Waals surface area contributed by atoms with Crippen molar-refractivity contribution in [1.82, 2.24) is 9.88 Å². The second-order valence-corrected chi connectivity index (χ2v) is 7.45. The molecule has 3 aromatic rings. The van der Waals surface area contributed by atoms with Crippen LogP contribution in [0.4, 0.5) is 0 Å². The highest BCUT2D eigenvalue weighted by atomic mass is 35.5. The molecule has 3 N–H and O–H groups in total. The van der Waals surface area contributed by atoms with E-state index in [4.69, 9.17) is 11.6 Å². The van der Waals surface area contributed by atoms with Crippen molar-refractivity contribution in [2.45, 2.75) is 27.2 Å². The SMILES string of the molecule is CCN(CC)CC.O=C(O)c1c(O)c(Cc2ccc(Cl)cc2)nc2c(C(=O)O)cccc12. The normalized spacial score (nSPS) is 10.7. The zero-order chi connectivity index (χ0) is 23.8. The maximum absolute atomic E-state index is 11.6. The van der Waals surface area contributed by atoms with Crippen LogP contribution in [0.3, 0.4) is 0 Å². The molecule has 2 aromatic carbocycles. The van der Waals surface area contributed by atoms with Gasteiger partial charge in [0.2, 0.25) is 0 Å². The number of aromatic nitrogens is 1. The van der Waals surface area contributed by atoms with Crippen LogP contribution in [0.15, 0.2) is 42.5 Å². The summed E-state index contributed by atoms with van der Waals surface area (Å²) in [4.78, 5) is 29.6. The highest BCUT2D eigenvalue weighted by Crippen LogP contribution is 2.32. The van der Waals surface area contributed by atoms with E-state index in [1.165, 1.54) is 37.8 Å². The third-order valence-corrected chi connectivity index (χ3v) is 5.38. The van der Waals surface area contributed by atoms with Crippen LogP contribution < -0.4 is 0 Å². The molecular formula is C24H27ClN2O5. The summed E-state index contributed by atoms with van der Waals surface area (Å²) < 4.78 is 0. The fourth-order valence-electron chi connectivity index (χ4n) is 3.30. The van der Waals surface area contributed by atoms with Gasteiger partial charge in [-0.05, 0) is 43.4 Å². The van der Waals surface area contributed by atoms with Gasteiger partial charge < -0.3 is 20.2 Å². The molecule has 3 rings (SSSR count). The third-order valence-electron chi connectivity index (χ3n) is 5.13. The average molecular weight is 459 g/mol. The highest BCUT2D eigenvalue weighted by molar-refractivity contribution is 6.30. The number of rotatable bonds is 7. The van der Waals surface area contributed by atoms with Crippen LogP contribution >= 0.6 is 11.6 Å². The number of nitrogens with zero attached hydrogens (tertiary/aromatic N) is 2. The summed E-state index contributed by atoms with van der Waals surface area (Å²) in [6.07, 6.45) is 0.132. The molecule has 0 aliphatic rings. The molecule has 170 valence electrons. The lowest BCUT2D eigenvalue weighted by Gasteiger charge is -2.13. The molecule has 8 heteroatoms. The molecule has 32 heavy (non-hydrogen) atoms. The summed E-state index contributed by atoms with van der Waals surface area (Å²) in [7, 11) is 0. The topological polar surface area (TPSA) is 111 Å². The molecule has 0 amide bonds. The molecule has 0 fully saturated rings. The van der Waals surface area contributed by atoms with E-state index < -0.39 is 17.7 Å². The van der Waals surface area contributed by atoms with Gasteiger partial charge in [-0.1, -0.05) is 56.6 Å². The molecule has 0 radical (unpaired) electrons. The lowest BCUT2D eigenvalue weighted by atomic mass is 10.00. The Morgan fingerprint density at radius 1 is 0.938 bits per heavy atom. The number of hydrogen-bond donors (Lipinski definition) is 3. The zero-order valence-electron chi connectivity index (χ0n) is 18.3. The Balaban J connectivity index is 0.000000451. The van der Waals surface area contributed by atoms with Gasteiger partial charge in [-0.3, -0.25) is 0 Å². The molecule has 0 saturated carbocycles. The monoisotopic (exact) mass is 458 g/mol. The first-order chi connectivity index (χ1) is 15.2. The number of hydrogen-bond acceptors (Lipinski definition) is 5. The molecule has 0 atom stereocenters. The van der Waals surface area contributed by atoms with E-state index in [1.807, 2.05) is 0 Å².